The second-order valence-electron chi connectivity index (χ2n) is 9.48. The Bertz CT molecular complexity index is 1260. The SMILES string of the molecule is CNC(=O)Nc1ccc(-c2nc(N3CCOCC3)nc3n[nH]c(C4CCN(C(=O)[C@H](C)N)CC4)c23)cc1. The highest BCUT2D eigenvalue weighted by Gasteiger charge is 2.29. The summed E-state index contributed by atoms with van der Waals surface area (Å²) in [6.45, 7) is 5.69. The van der Waals surface area contributed by atoms with Gasteiger partial charge in [-0.25, -0.2) is 9.78 Å². The third kappa shape index (κ3) is 5.20. The molecule has 1 atom stereocenters. The van der Waals surface area contributed by atoms with Crippen molar-refractivity contribution in [1.82, 2.24) is 30.4 Å². The number of morpholine rings is 1. The minimum absolute atomic E-state index is 0.0162. The number of H-pyrrole nitrogens is 1. The van der Waals surface area contributed by atoms with E-state index in [-0.39, 0.29) is 17.9 Å². The van der Waals surface area contributed by atoms with Crippen LogP contribution >= 0.6 is 0 Å². The van der Waals surface area contributed by atoms with E-state index in [0.29, 0.717) is 56.7 Å². The van der Waals surface area contributed by atoms with Gasteiger partial charge < -0.3 is 30.9 Å². The number of rotatable bonds is 5. The number of piperidine rings is 1. The zero-order chi connectivity index (χ0) is 25.9. The molecule has 0 unspecified atom stereocenters. The predicted molar refractivity (Wildman–Crippen MR) is 140 cm³/mol. The summed E-state index contributed by atoms with van der Waals surface area (Å²) in [6.07, 6.45) is 1.60. The van der Waals surface area contributed by atoms with Crippen LogP contribution in [0.15, 0.2) is 24.3 Å². The number of hydrogen-bond donors (Lipinski definition) is 4. The van der Waals surface area contributed by atoms with Crippen LogP contribution in [0.4, 0.5) is 16.4 Å². The van der Waals surface area contributed by atoms with Gasteiger partial charge in [0.25, 0.3) is 0 Å². The third-order valence-corrected chi connectivity index (χ3v) is 6.97. The van der Waals surface area contributed by atoms with Crippen LogP contribution in [-0.4, -0.2) is 89.5 Å². The van der Waals surface area contributed by atoms with Gasteiger partial charge in [-0.15, -0.1) is 0 Å². The number of hydrogen-bond acceptors (Lipinski definition) is 8. The summed E-state index contributed by atoms with van der Waals surface area (Å²) in [5.74, 6) is 0.791. The van der Waals surface area contributed by atoms with E-state index in [0.717, 1.165) is 35.2 Å². The van der Waals surface area contributed by atoms with Crippen LogP contribution in [-0.2, 0) is 9.53 Å². The van der Waals surface area contributed by atoms with Crippen molar-refractivity contribution >= 4 is 34.6 Å². The minimum Gasteiger partial charge on any atom is -0.378 e. The van der Waals surface area contributed by atoms with Crippen LogP contribution in [0, 0.1) is 0 Å². The van der Waals surface area contributed by atoms with Crippen molar-refractivity contribution in [3.63, 3.8) is 0 Å². The molecule has 5 N–H and O–H groups in total. The topological polar surface area (TPSA) is 154 Å². The Morgan fingerprint density at radius 1 is 1.11 bits per heavy atom. The molecule has 3 amide bonds. The summed E-state index contributed by atoms with van der Waals surface area (Å²) in [6, 6.07) is 6.81. The first-order chi connectivity index (χ1) is 17.9. The number of anilines is 2. The van der Waals surface area contributed by atoms with E-state index in [1.165, 1.54) is 0 Å². The van der Waals surface area contributed by atoms with Crippen molar-refractivity contribution in [2.24, 2.45) is 5.73 Å². The molecule has 1 aromatic carbocycles. The molecule has 3 aromatic rings. The predicted octanol–water partition coefficient (Wildman–Crippen LogP) is 1.66. The van der Waals surface area contributed by atoms with Crippen molar-refractivity contribution in [2.45, 2.75) is 31.7 Å². The van der Waals surface area contributed by atoms with Gasteiger partial charge in [0, 0.05) is 50.4 Å². The number of nitrogens with one attached hydrogen (secondary N) is 3. The van der Waals surface area contributed by atoms with Gasteiger partial charge >= 0.3 is 6.03 Å². The van der Waals surface area contributed by atoms with Crippen molar-refractivity contribution in [3.05, 3.63) is 30.0 Å². The number of carbonyl (C=O) groups is 2. The van der Waals surface area contributed by atoms with Crippen LogP contribution in [0.2, 0.25) is 0 Å². The number of nitrogens with two attached hydrogens (primary N) is 1. The molecule has 0 spiro atoms. The average molecular weight is 508 g/mol. The van der Waals surface area contributed by atoms with Gasteiger partial charge in [0.2, 0.25) is 11.9 Å². The van der Waals surface area contributed by atoms with E-state index in [1.807, 2.05) is 29.2 Å². The summed E-state index contributed by atoms with van der Waals surface area (Å²) >= 11 is 0. The van der Waals surface area contributed by atoms with E-state index < -0.39 is 6.04 Å². The molecule has 2 aliphatic rings. The first-order valence-electron chi connectivity index (χ1n) is 12.7. The molecular formula is C25H33N9O3. The number of amides is 3. The maximum absolute atomic E-state index is 12.4. The third-order valence-electron chi connectivity index (χ3n) is 6.97. The lowest BCUT2D eigenvalue weighted by molar-refractivity contribution is -0.133. The molecule has 0 saturated carbocycles. The summed E-state index contributed by atoms with van der Waals surface area (Å²) in [4.78, 5) is 37.8. The summed E-state index contributed by atoms with van der Waals surface area (Å²) in [7, 11) is 1.58. The largest absolute Gasteiger partial charge is 0.378 e. The first-order valence-corrected chi connectivity index (χ1v) is 12.7. The van der Waals surface area contributed by atoms with Gasteiger partial charge in [-0.05, 0) is 31.9 Å². The Kier molecular flexibility index (Phi) is 7.19. The fourth-order valence-corrected chi connectivity index (χ4v) is 4.93. The zero-order valence-corrected chi connectivity index (χ0v) is 21.2. The second kappa shape index (κ2) is 10.7. The highest BCUT2D eigenvalue weighted by Crippen LogP contribution is 2.37. The standard InChI is InChI=1S/C25H33N9O3/c1-15(26)23(35)33-9-7-17(8-10-33)21-19-20(16-3-5-18(6-4-16)28-25(36)27-2)29-24(30-22(19)32-31-21)34-11-13-37-14-12-34/h3-6,15,17H,7-14,26H2,1-2H3,(H2,27,28,36)(H,29,30,31,32)/t15-/m0/s1. The molecule has 2 fully saturated rings. The molecular weight excluding hydrogens is 474 g/mol. The Morgan fingerprint density at radius 3 is 2.46 bits per heavy atom. The number of urea groups is 1. The molecule has 2 aromatic heterocycles. The van der Waals surface area contributed by atoms with Crippen LogP contribution in [0.25, 0.3) is 22.3 Å². The minimum atomic E-state index is -0.496. The van der Waals surface area contributed by atoms with Crippen LogP contribution < -0.4 is 21.3 Å². The van der Waals surface area contributed by atoms with Crippen molar-refractivity contribution in [1.29, 1.82) is 0 Å². The lowest BCUT2D eigenvalue weighted by atomic mass is 9.90. The lowest BCUT2D eigenvalue weighted by Gasteiger charge is -2.32. The summed E-state index contributed by atoms with van der Waals surface area (Å²) in [5.41, 5.74) is 9.78. The second-order valence-corrected chi connectivity index (χ2v) is 9.48. The molecule has 5 rings (SSSR count). The van der Waals surface area contributed by atoms with Crippen molar-refractivity contribution in [2.75, 3.05) is 56.7 Å². The Morgan fingerprint density at radius 2 is 1.81 bits per heavy atom. The molecule has 0 radical (unpaired) electrons. The lowest BCUT2D eigenvalue weighted by Crippen LogP contribution is -2.45. The maximum atomic E-state index is 12.4. The highest BCUT2D eigenvalue weighted by molar-refractivity contribution is 5.95. The van der Waals surface area contributed by atoms with E-state index >= 15 is 0 Å². The summed E-state index contributed by atoms with van der Waals surface area (Å²) in [5, 5.41) is 14.1. The fourth-order valence-electron chi connectivity index (χ4n) is 4.93. The molecule has 4 heterocycles. The number of benzene rings is 1. The van der Waals surface area contributed by atoms with Gasteiger partial charge in [-0.2, -0.15) is 10.1 Å². The van der Waals surface area contributed by atoms with E-state index in [2.05, 4.69) is 25.7 Å². The molecule has 196 valence electrons. The zero-order valence-electron chi connectivity index (χ0n) is 21.2. The highest BCUT2D eigenvalue weighted by atomic mass is 16.5. The van der Waals surface area contributed by atoms with Gasteiger partial charge in [-0.1, -0.05) is 12.1 Å². The van der Waals surface area contributed by atoms with E-state index in [4.69, 9.17) is 20.4 Å². The van der Waals surface area contributed by atoms with Crippen LogP contribution in [0.3, 0.4) is 0 Å². The number of aromatic nitrogens is 4. The molecule has 2 aliphatic heterocycles. The van der Waals surface area contributed by atoms with Crippen molar-refractivity contribution < 1.29 is 14.3 Å². The van der Waals surface area contributed by atoms with Crippen molar-refractivity contribution in [3.8, 4) is 11.3 Å². The molecule has 0 aliphatic carbocycles. The Balaban J connectivity index is 1.51. The fraction of sp³-hybridized carbons (Fsp3) is 0.480. The van der Waals surface area contributed by atoms with Gasteiger partial charge in [-0.3, -0.25) is 9.89 Å². The van der Waals surface area contributed by atoms with Gasteiger partial charge in [0.15, 0.2) is 5.65 Å². The first kappa shape index (κ1) is 24.9. The molecule has 12 nitrogen and oxygen atoms in total. The molecule has 37 heavy (non-hydrogen) atoms. The number of aromatic amines is 1. The smallest absolute Gasteiger partial charge is 0.318 e. The molecule has 12 heteroatoms. The molecule has 0 bridgehead atoms. The van der Waals surface area contributed by atoms with Crippen LogP contribution in [0.1, 0.15) is 31.4 Å². The average Bonchev–Trinajstić information content (AvgIpc) is 3.37. The number of carbonyl (C=O) groups excluding carboxylic acids is 2. The number of likely N-dealkylation sites (tertiary alicyclic amines) is 1. The molecule has 2 saturated heterocycles. The number of nitrogens with zero attached hydrogens (tertiary/aromatic N) is 5. The van der Waals surface area contributed by atoms with E-state index in [1.54, 1.807) is 14.0 Å². The summed E-state index contributed by atoms with van der Waals surface area (Å²) < 4.78 is 5.51. The van der Waals surface area contributed by atoms with Gasteiger partial charge in [0.05, 0.1) is 36.0 Å². The van der Waals surface area contributed by atoms with Crippen LogP contribution in [0.5, 0.6) is 0 Å². The Labute approximate surface area is 215 Å². The van der Waals surface area contributed by atoms with Gasteiger partial charge in [0.1, 0.15) is 0 Å². The normalized spacial score (nSPS) is 17.6. The van der Waals surface area contributed by atoms with E-state index in [9.17, 15) is 9.59 Å². The monoisotopic (exact) mass is 507 g/mol. The number of fused-ring (bicyclic) bond motifs is 1. The Hall–Kier alpha value is -3.77. The quantitative estimate of drug-likeness (QED) is 0.407. The number of ether oxygens (including phenoxy) is 1. The maximum Gasteiger partial charge on any atom is 0.318 e.